The summed E-state index contributed by atoms with van der Waals surface area (Å²) in [6, 6.07) is 0. The van der Waals surface area contributed by atoms with E-state index in [0.717, 1.165) is 11.8 Å². The first kappa shape index (κ1) is 13.3. The van der Waals surface area contributed by atoms with Gasteiger partial charge in [0, 0.05) is 32.7 Å². The maximum Gasteiger partial charge on any atom is 0.0110 e. The fourth-order valence-electron chi connectivity index (χ4n) is 3.02. The van der Waals surface area contributed by atoms with Crippen LogP contribution in [0.4, 0.5) is 0 Å². The highest BCUT2D eigenvalue weighted by Gasteiger charge is 2.24. The largest absolute Gasteiger partial charge is 0.315 e. The van der Waals surface area contributed by atoms with E-state index < -0.39 is 0 Å². The van der Waals surface area contributed by atoms with E-state index in [-0.39, 0.29) is 0 Å². The topological polar surface area (TPSA) is 18.5 Å². The van der Waals surface area contributed by atoms with E-state index in [1.165, 1.54) is 65.2 Å². The molecule has 0 aromatic carbocycles. The van der Waals surface area contributed by atoms with E-state index in [0.29, 0.717) is 0 Å². The standard InChI is InChI=1S/C14H29N3/c1-13(2)14-4-8-17(12-14)11-10-16-7-3-5-15-6-9-16/h13-15H,3-12H2,1-2H3. The molecule has 0 aromatic heterocycles. The van der Waals surface area contributed by atoms with Crippen LogP contribution < -0.4 is 5.32 Å². The Kier molecular flexibility index (Phi) is 5.26. The highest BCUT2D eigenvalue weighted by molar-refractivity contribution is 4.78. The Morgan fingerprint density at radius 1 is 1.06 bits per heavy atom. The molecule has 3 heteroatoms. The van der Waals surface area contributed by atoms with Gasteiger partial charge in [0.05, 0.1) is 0 Å². The second-order valence-corrected chi connectivity index (χ2v) is 6.04. The number of likely N-dealkylation sites (tertiary alicyclic amines) is 1. The first-order valence-electron chi connectivity index (χ1n) is 7.41. The molecule has 0 saturated carbocycles. The zero-order valence-corrected chi connectivity index (χ0v) is 11.6. The average Bonchev–Trinajstić information content (AvgIpc) is 2.63. The minimum Gasteiger partial charge on any atom is -0.315 e. The minimum atomic E-state index is 0.863. The van der Waals surface area contributed by atoms with E-state index in [1.54, 1.807) is 0 Å². The molecule has 1 unspecified atom stereocenters. The molecule has 0 bridgehead atoms. The Labute approximate surface area is 107 Å². The zero-order chi connectivity index (χ0) is 12.1. The Balaban J connectivity index is 1.64. The van der Waals surface area contributed by atoms with Gasteiger partial charge in [-0.3, -0.25) is 0 Å². The third-order valence-electron chi connectivity index (χ3n) is 4.42. The van der Waals surface area contributed by atoms with Crippen LogP contribution in [0, 0.1) is 11.8 Å². The van der Waals surface area contributed by atoms with Gasteiger partial charge in [-0.15, -0.1) is 0 Å². The maximum absolute atomic E-state index is 3.47. The van der Waals surface area contributed by atoms with Crippen LogP contribution in [0.5, 0.6) is 0 Å². The van der Waals surface area contributed by atoms with Crippen LogP contribution in [0.25, 0.3) is 0 Å². The molecule has 0 aromatic rings. The van der Waals surface area contributed by atoms with Gasteiger partial charge in [0.25, 0.3) is 0 Å². The monoisotopic (exact) mass is 239 g/mol. The molecule has 0 radical (unpaired) electrons. The van der Waals surface area contributed by atoms with Crippen molar-refractivity contribution < 1.29 is 0 Å². The molecule has 100 valence electrons. The van der Waals surface area contributed by atoms with Crippen molar-refractivity contribution >= 4 is 0 Å². The zero-order valence-electron chi connectivity index (χ0n) is 11.6. The Hall–Kier alpha value is -0.120. The summed E-state index contributed by atoms with van der Waals surface area (Å²) in [7, 11) is 0. The van der Waals surface area contributed by atoms with Gasteiger partial charge in [-0.2, -0.15) is 0 Å². The molecule has 0 amide bonds. The molecule has 2 aliphatic heterocycles. The quantitative estimate of drug-likeness (QED) is 0.797. The summed E-state index contributed by atoms with van der Waals surface area (Å²) < 4.78 is 0. The molecule has 2 fully saturated rings. The fraction of sp³-hybridized carbons (Fsp3) is 1.00. The number of nitrogens with one attached hydrogen (secondary N) is 1. The second-order valence-electron chi connectivity index (χ2n) is 6.04. The lowest BCUT2D eigenvalue weighted by Gasteiger charge is -2.24. The predicted octanol–water partition coefficient (Wildman–Crippen LogP) is 1.26. The summed E-state index contributed by atoms with van der Waals surface area (Å²) in [5.41, 5.74) is 0. The van der Waals surface area contributed by atoms with E-state index in [1.807, 2.05) is 0 Å². The van der Waals surface area contributed by atoms with Gasteiger partial charge in [-0.1, -0.05) is 13.8 Å². The van der Waals surface area contributed by atoms with Crippen molar-refractivity contribution in [3.63, 3.8) is 0 Å². The fourth-order valence-corrected chi connectivity index (χ4v) is 3.02. The van der Waals surface area contributed by atoms with Crippen molar-refractivity contribution in [2.45, 2.75) is 26.7 Å². The van der Waals surface area contributed by atoms with Crippen molar-refractivity contribution in [1.82, 2.24) is 15.1 Å². The second kappa shape index (κ2) is 6.72. The first-order valence-corrected chi connectivity index (χ1v) is 7.41. The highest BCUT2D eigenvalue weighted by Crippen LogP contribution is 2.23. The summed E-state index contributed by atoms with van der Waals surface area (Å²) in [6.45, 7) is 14.9. The van der Waals surface area contributed by atoms with Crippen molar-refractivity contribution in [3.05, 3.63) is 0 Å². The van der Waals surface area contributed by atoms with Crippen LogP contribution in [0.3, 0.4) is 0 Å². The van der Waals surface area contributed by atoms with Gasteiger partial charge < -0.3 is 15.1 Å². The van der Waals surface area contributed by atoms with Crippen molar-refractivity contribution in [2.75, 3.05) is 52.4 Å². The lowest BCUT2D eigenvalue weighted by atomic mass is 9.95. The molecule has 17 heavy (non-hydrogen) atoms. The number of rotatable bonds is 4. The lowest BCUT2D eigenvalue weighted by Crippen LogP contribution is -2.36. The summed E-state index contributed by atoms with van der Waals surface area (Å²) in [5.74, 6) is 1.81. The van der Waals surface area contributed by atoms with Crippen LogP contribution in [0.2, 0.25) is 0 Å². The van der Waals surface area contributed by atoms with Gasteiger partial charge in [-0.25, -0.2) is 0 Å². The molecule has 3 nitrogen and oxygen atoms in total. The maximum atomic E-state index is 3.47. The lowest BCUT2D eigenvalue weighted by molar-refractivity contribution is 0.226. The van der Waals surface area contributed by atoms with Gasteiger partial charge in [0.1, 0.15) is 0 Å². The Bertz CT molecular complexity index is 210. The molecule has 1 N–H and O–H groups in total. The Morgan fingerprint density at radius 3 is 2.65 bits per heavy atom. The van der Waals surface area contributed by atoms with Crippen molar-refractivity contribution in [3.8, 4) is 0 Å². The molecular formula is C14H29N3. The van der Waals surface area contributed by atoms with E-state index >= 15 is 0 Å². The molecule has 2 aliphatic rings. The highest BCUT2D eigenvalue weighted by atomic mass is 15.2. The predicted molar refractivity (Wildman–Crippen MR) is 73.3 cm³/mol. The van der Waals surface area contributed by atoms with Gasteiger partial charge in [0.15, 0.2) is 0 Å². The summed E-state index contributed by atoms with van der Waals surface area (Å²) >= 11 is 0. The van der Waals surface area contributed by atoms with Crippen LogP contribution in [-0.2, 0) is 0 Å². The number of hydrogen-bond acceptors (Lipinski definition) is 3. The van der Waals surface area contributed by atoms with Crippen LogP contribution in [0.15, 0.2) is 0 Å². The number of hydrogen-bond donors (Lipinski definition) is 1. The van der Waals surface area contributed by atoms with E-state index in [4.69, 9.17) is 0 Å². The third kappa shape index (κ3) is 4.23. The third-order valence-corrected chi connectivity index (χ3v) is 4.42. The van der Waals surface area contributed by atoms with Crippen LogP contribution in [-0.4, -0.2) is 62.2 Å². The molecule has 1 atom stereocenters. The number of nitrogens with zero attached hydrogens (tertiary/aromatic N) is 2. The summed E-state index contributed by atoms with van der Waals surface area (Å²) in [4.78, 5) is 5.30. The van der Waals surface area contributed by atoms with Crippen LogP contribution >= 0.6 is 0 Å². The minimum absolute atomic E-state index is 0.863. The van der Waals surface area contributed by atoms with Crippen molar-refractivity contribution in [2.24, 2.45) is 11.8 Å². The van der Waals surface area contributed by atoms with Crippen molar-refractivity contribution in [1.29, 1.82) is 0 Å². The molecule has 0 aliphatic carbocycles. The summed E-state index contributed by atoms with van der Waals surface area (Å²) in [5, 5.41) is 3.47. The van der Waals surface area contributed by atoms with E-state index in [9.17, 15) is 0 Å². The van der Waals surface area contributed by atoms with Gasteiger partial charge in [-0.05, 0) is 44.3 Å². The first-order chi connectivity index (χ1) is 8.25. The normalized spacial score (nSPS) is 28.8. The van der Waals surface area contributed by atoms with E-state index in [2.05, 4.69) is 29.0 Å². The molecular weight excluding hydrogens is 210 g/mol. The summed E-state index contributed by atoms with van der Waals surface area (Å²) in [6.07, 6.45) is 2.73. The smallest absolute Gasteiger partial charge is 0.0110 e. The Morgan fingerprint density at radius 2 is 1.88 bits per heavy atom. The van der Waals surface area contributed by atoms with Gasteiger partial charge in [0.2, 0.25) is 0 Å². The molecule has 0 spiro atoms. The molecule has 2 heterocycles. The molecule has 2 saturated heterocycles. The van der Waals surface area contributed by atoms with Gasteiger partial charge >= 0.3 is 0 Å². The molecule has 2 rings (SSSR count). The van der Waals surface area contributed by atoms with Crippen LogP contribution in [0.1, 0.15) is 26.7 Å². The SMILES string of the molecule is CC(C)C1CCN(CCN2CCCNCC2)C1. The average molecular weight is 239 g/mol.